The highest BCUT2D eigenvalue weighted by Gasteiger charge is 2.48. The molecule has 1 fully saturated rings. The van der Waals surface area contributed by atoms with E-state index in [-0.39, 0.29) is 30.0 Å². The maximum Gasteiger partial charge on any atom is 0.325 e. The zero-order chi connectivity index (χ0) is 20.6. The molecule has 1 aliphatic heterocycles. The lowest BCUT2D eigenvalue weighted by Crippen LogP contribution is -2.41. The molecule has 1 aliphatic rings. The third-order valence-corrected chi connectivity index (χ3v) is 6.86. The van der Waals surface area contributed by atoms with Crippen molar-refractivity contribution in [3.63, 3.8) is 0 Å². The number of urea groups is 1. The number of imide groups is 1. The summed E-state index contributed by atoms with van der Waals surface area (Å²) in [7, 11) is -0.442. The van der Waals surface area contributed by atoms with E-state index in [1.54, 1.807) is 6.92 Å². The minimum Gasteiger partial charge on any atom is -0.319 e. The molecule has 1 heterocycles. The molecule has 0 aromatic heterocycles. The summed E-state index contributed by atoms with van der Waals surface area (Å²) in [5.41, 5.74) is 0.690. The molecule has 0 saturated carbocycles. The van der Waals surface area contributed by atoms with Gasteiger partial charge in [-0.25, -0.2) is 17.5 Å². The molecule has 27 heavy (non-hydrogen) atoms. The van der Waals surface area contributed by atoms with Gasteiger partial charge in [-0.05, 0) is 29.9 Å². The fourth-order valence-electron chi connectivity index (χ4n) is 2.99. The van der Waals surface area contributed by atoms with Crippen molar-refractivity contribution < 1.29 is 18.0 Å². The summed E-state index contributed by atoms with van der Waals surface area (Å²) in [6.45, 7) is 8.06. The van der Waals surface area contributed by atoms with Crippen LogP contribution >= 0.6 is 0 Å². The number of amides is 3. The fourth-order valence-corrected chi connectivity index (χ4v) is 3.85. The second-order valence-corrected chi connectivity index (χ2v) is 10.6. The van der Waals surface area contributed by atoms with Gasteiger partial charge in [0, 0.05) is 20.6 Å². The topological polar surface area (TPSA) is 86.8 Å². The van der Waals surface area contributed by atoms with Gasteiger partial charge in [-0.15, -0.1) is 0 Å². The number of hydrogen-bond donors (Lipinski definition) is 1. The van der Waals surface area contributed by atoms with Crippen molar-refractivity contribution in [2.75, 3.05) is 26.4 Å². The van der Waals surface area contributed by atoms with Gasteiger partial charge in [-0.2, -0.15) is 0 Å². The SMILES string of the molecule is CN(C)S(=O)(=O)CCCN1C(=O)NC(C)(c2ccc(C(C)(C)C)cc2)C1=O. The van der Waals surface area contributed by atoms with Gasteiger partial charge < -0.3 is 5.32 Å². The Morgan fingerprint density at radius 1 is 1.11 bits per heavy atom. The minimum atomic E-state index is -3.36. The number of rotatable bonds is 6. The molecule has 3 amide bonds. The number of hydrogen-bond acceptors (Lipinski definition) is 4. The first-order valence-corrected chi connectivity index (χ1v) is 10.6. The van der Waals surface area contributed by atoms with E-state index in [9.17, 15) is 18.0 Å². The van der Waals surface area contributed by atoms with Gasteiger partial charge in [0.2, 0.25) is 10.0 Å². The van der Waals surface area contributed by atoms with Crippen molar-refractivity contribution in [1.29, 1.82) is 0 Å². The number of nitrogens with one attached hydrogen (secondary N) is 1. The lowest BCUT2D eigenvalue weighted by molar-refractivity contribution is -0.131. The monoisotopic (exact) mass is 395 g/mol. The normalized spacial score (nSPS) is 21.1. The molecule has 1 N–H and O–H groups in total. The van der Waals surface area contributed by atoms with Crippen molar-refractivity contribution in [1.82, 2.24) is 14.5 Å². The predicted octanol–water partition coefficient (Wildman–Crippen LogP) is 2.03. The van der Waals surface area contributed by atoms with Crippen molar-refractivity contribution in [3.8, 4) is 0 Å². The van der Waals surface area contributed by atoms with Crippen LogP contribution in [0.25, 0.3) is 0 Å². The van der Waals surface area contributed by atoms with Gasteiger partial charge in [0.1, 0.15) is 5.54 Å². The molecule has 1 aromatic rings. The Labute approximate surface area is 161 Å². The van der Waals surface area contributed by atoms with Crippen molar-refractivity contribution in [2.24, 2.45) is 0 Å². The summed E-state index contributed by atoms with van der Waals surface area (Å²) in [4.78, 5) is 26.3. The molecule has 8 heteroatoms. The molecule has 1 saturated heterocycles. The molecule has 2 rings (SSSR count). The fraction of sp³-hybridized carbons (Fsp3) is 0.579. The highest BCUT2D eigenvalue weighted by Crippen LogP contribution is 2.31. The zero-order valence-corrected chi connectivity index (χ0v) is 17.7. The predicted molar refractivity (Wildman–Crippen MR) is 105 cm³/mol. The molecule has 1 aromatic carbocycles. The first-order valence-electron chi connectivity index (χ1n) is 8.94. The molecule has 150 valence electrons. The maximum atomic E-state index is 12.9. The van der Waals surface area contributed by atoms with Gasteiger partial charge in [0.25, 0.3) is 5.91 Å². The quantitative estimate of drug-likeness (QED) is 0.747. The van der Waals surface area contributed by atoms with Crippen LogP contribution in [0, 0.1) is 0 Å². The average molecular weight is 396 g/mol. The van der Waals surface area contributed by atoms with E-state index in [4.69, 9.17) is 0 Å². The van der Waals surface area contributed by atoms with E-state index in [2.05, 4.69) is 26.1 Å². The standard InChI is InChI=1S/C19H29N3O4S/c1-18(2,3)14-8-10-15(11-9-14)19(4)16(23)22(17(24)20-19)12-7-13-27(25,26)21(5)6/h8-11H,7,12-13H2,1-6H3,(H,20,24). The number of benzene rings is 1. The Balaban J connectivity index is 2.14. The number of carbonyl (C=O) groups excluding carboxylic acids is 2. The van der Waals surface area contributed by atoms with Gasteiger partial charge in [-0.1, -0.05) is 45.0 Å². The summed E-state index contributed by atoms with van der Waals surface area (Å²) >= 11 is 0. The van der Waals surface area contributed by atoms with Crippen LogP contribution in [0.3, 0.4) is 0 Å². The molecule has 1 atom stereocenters. The molecule has 0 aliphatic carbocycles. The summed E-state index contributed by atoms with van der Waals surface area (Å²) < 4.78 is 24.8. The Kier molecular flexibility index (Phi) is 5.73. The molecule has 0 spiro atoms. The van der Waals surface area contributed by atoms with Crippen molar-refractivity contribution in [3.05, 3.63) is 35.4 Å². The van der Waals surface area contributed by atoms with Gasteiger partial charge >= 0.3 is 6.03 Å². The van der Waals surface area contributed by atoms with Crippen molar-refractivity contribution >= 4 is 22.0 Å². The maximum absolute atomic E-state index is 12.9. The first kappa shape index (κ1) is 21.4. The first-order chi connectivity index (χ1) is 12.3. The number of carbonyl (C=O) groups is 2. The van der Waals surface area contributed by atoms with Crippen LogP contribution in [-0.2, 0) is 25.8 Å². The molecular formula is C19H29N3O4S. The molecule has 0 radical (unpaired) electrons. The Hall–Kier alpha value is -1.93. The van der Waals surface area contributed by atoms with Crippen LogP contribution in [0.2, 0.25) is 0 Å². The van der Waals surface area contributed by atoms with Crippen LogP contribution in [-0.4, -0.2) is 56.0 Å². The number of nitrogens with zero attached hydrogens (tertiary/aromatic N) is 2. The summed E-state index contributed by atoms with van der Waals surface area (Å²) in [5.74, 6) is -0.480. The van der Waals surface area contributed by atoms with E-state index in [1.807, 2.05) is 24.3 Å². The molecular weight excluding hydrogens is 366 g/mol. The Morgan fingerprint density at radius 2 is 1.67 bits per heavy atom. The number of sulfonamides is 1. The van der Waals surface area contributed by atoms with Gasteiger partial charge in [0.15, 0.2) is 0 Å². The van der Waals surface area contributed by atoms with Gasteiger partial charge in [-0.3, -0.25) is 9.69 Å². The van der Waals surface area contributed by atoms with E-state index in [1.165, 1.54) is 14.1 Å². The molecule has 7 nitrogen and oxygen atoms in total. The third-order valence-electron chi connectivity index (χ3n) is 4.94. The molecule has 0 bridgehead atoms. The lowest BCUT2D eigenvalue weighted by Gasteiger charge is -2.24. The highest BCUT2D eigenvalue weighted by atomic mass is 32.2. The Bertz CT molecular complexity index is 826. The summed E-state index contributed by atoms with van der Waals surface area (Å²) in [6.07, 6.45) is 0.193. The van der Waals surface area contributed by atoms with Crippen LogP contribution in [0.1, 0.15) is 45.2 Å². The van der Waals surface area contributed by atoms with Crippen molar-refractivity contribution in [2.45, 2.75) is 45.1 Å². The van der Waals surface area contributed by atoms with Crippen LogP contribution in [0.4, 0.5) is 4.79 Å². The smallest absolute Gasteiger partial charge is 0.319 e. The lowest BCUT2D eigenvalue weighted by atomic mass is 9.84. The molecule has 1 unspecified atom stereocenters. The Morgan fingerprint density at radius 3 is 2.15 bits per heavy atom. The van der Waals surface area contributed by atoms with E-state index in [0.717, 1.165) is 14.8 Å². The highest BCUT2D eigenvalue weighted by molar-refractivity contribution is 7.89. The van der Waals surface area contributed by atoms with E-state index >= 15 is 0 Å². The average Bonchev–Trinajstić information content (AvgIpc) is 2.78. The zero-order valence-electron chi connectivity index (χ0n) is 16.9. The van der Waals surface area contributed by atoms with Gasteiger partial charge in [0.05, 0.1) is 5.75 Å². The van der Waals surface area contributed by atoms with Crippen LogP contribution < -0.4 is 5.32 Å². The van der Waals surface area contributed by atoms with Crippen LogP contribution in [0.15, 0.2) is 24.3 Å². The van der Waals surface area contributed by atoms with Crippen LogP contribution in [0.5, 0.6) is 0 Å². The second-order valence-electron chi connectivity index (χ2n) is 8.29. The summed E-state index contributed by atoms with van der Waals surface area (Å²) in [6, 6.07) is 7.15. The second kappa shape index (κ2) is 7.24. The van der Waals surface area contributed by atoms with E-state index in [0.29, 0.717) is 5.56 Å². The van der Waals surface area contributed by atoms with E-state index < -0.39 is 21.6 Å². The summed E-state index contributed by atoms with van der Waals surface area (Å²) in [5, 5.41) is 2.75. The third kappa shape index (κ3) is 4.32. The largest absolute Gasteiger partial charge is 0.325 e. The minimum absolute atomic E-state index is 0.00761.